The van der Waals surface area contributed by atoms with Gasteiger partial charge in [0.05, 0.1) is 13.7 Å². The number of rotatable bonds is 5. The second kappa shape index (κ2) is 7.63. The highest BCUT2D eigenvalue weighted by Gasteiger charge is 2.13. The minimum Gasteiger partial charge on any atom is -0.497 e. The fourth-order valence-electron chi connectivity index (χ4n) is 2.14. The molecule has 0 aliphatic carbocycles. The molecule has 0 unspecified atom stereocenters. The Hall–Kier alpha value is -1.83. The molecular weight excluding hydrogens is 407 g/mol. The van der Waals surface area contributed by atoms with Crippen LogP contribution in [-0.2, 0) is 11.3 Å². The van der Waals surface area contributed by atoms with Crippen molar-refractivity contribution in [1.29, 1.82) is 0 Å². The number of nitrogens with zero attached hydrogens (tertiary/aromatic N) is 1. The summed E-state index contributed by atoms with van der Waals surface area (Å²) >= 11 is 2.17. The highest BCUT2D eigenvalue weighted by atomic mass is 127. The van der Waals surface area contributed by atoms with Crippen molar-refractivity contribution in [3.63, 3.8) is 0 Å². The Bertz CT molecular complexity index is 767. The summed E-state index contributed by atoms with van der Waals surface area (Å²) in [5.74, 6) is 0.610. The lowest BCUT2D eigenvalue weighted by Gasteiger charge is -2.14. The standard InChI is InChI=1S/C17H19IN2O3/c1-4-15(21)19-16-11(2)14(18)10-20(17(16)22)9-12-5-7-13(23-3)8-6-12/h5-8,10H,4,9H2,1-3H3,(H,19,21). The maximum Gasteiger partial charge on any atom is 0.274 e. The van der Waals surface area contributed by atoms with Crippen LogP contribution in [0.15, 0.2) is 35.3 Å². The SMILES string of the molecule is CCC(=O)Nc1c(C)c(I)cn(Cc2ccc(OC)cc2)c1=O. The van der Waals surface area contributed by atoms with Crippen LogP contribution in [0.4, 0.5) is 5.69 Å². The third-order valence-corrected chi connectivity index (χ3v) is 4.66. The summed E-state index contributed by atoms with van der Waals surface area (Å²) in [5, 5.41) is 2.72. The first-order chi connectivity index (χ1) is 11.0. The number of halogens is 1. The number of pyridine rings is 1. The first kappa shape index (κ1) is 17.5. The molecule has 1 aromatic heterocycles. The van der Waals surface area contributed by atoms with E-state index in [1.165, 1.54) is 0 Å². The zero-order valence-corrected chi connectivity index (χ0v) is 15.5. The van der Waals surface area contributed by atoms with E-state index in [0.29, 0.717) is 18.7 Å². The molecule has 23 heavy (non-hydrogen) atoms. The molecule has 1 N–H and O–H groups in total. The van der Waals surface area contributed by atoms with Crippen molar-refractivity contribution in [1.82, 2.24) is 4.57 Å². The number of carbonyl (C=O) groups is 1. The van der Waals surface area contributed by atoms with Crippen LogP contribution in [0.5, 0.6) is 5.75 Å². The molecule has 0 bridgehead atoms. The molecule has 6 heteroatoms. The van der Waals surface area contributed by atoms with E-state index >= 15 is 0 Å². The van der Waals surface area contributed by atoms with Crippen molar-refractivity contribution in [3.8, 4) is 5.75 Å². The van der Waals surface area contributed by atoms with Crippen LogP contribution in [0.1, 0.15) is 24.5 Å². The van der Waals surface area contributed by atoms with E-state index in [0.717, 1.165) is 20.4 Å². The molecule has 1 aromatic carbocycles. The predicted octanol–water partition coefficient (Wildman–Crippen LogP) is 3.17. The van der Waals surface area contributed by atoms with Crippen molar-refractivity contribution >= 4 is 34.2 Å². The van der Waals surface area contributed by atoms with Gasteiger partial charge in [0.25, 0.3) is 5.56 Å². The zero-order valence-electron chi connectivity index (χ0n) is 13.4. The van der Waals surface area contributed by atoms with E-state index in [9.17, 15) is 9.59 Å². The van der Waals surface area contributed by atoms with E-state index in [1.54, 1.807) is 18.6 Å². The summed E-state index contributed by atoms with van der Waals surface area (Å²) in [4.78, 5) is 24.3. The molecule has 2 rings (SSSR count). The summed E-state index contributed by atoms with van der Waals surface area (Å²) < 4.78 is 7.68. The van der Waals surface area contributed by atoms with Crippen molar-refractivity contribution in [2.24, 2.45) is 0 Å². The smallest absolute Gasteiger partial charge is 0.274 e. The molecule has 0 aliphatic heterocycles. The van der Waals surface area contributed by atoms with Crippen molar-refractivity contribution in [2.45, 2.75) is 26.8 Å². The molecule has 5 nitrogen and oxygen atoms in total. The summed E-state index contributed by atoms with van der Waals surface area (Å²) in [6.07, 6.45) is 2.15. The quantitative estimate of drug-likeness (QED) is 0.748. The highest BCUT2D eigenvalue weighted by Crippen LogP contribution is 2.18. The van der Waals surface area contributed by atoms with Crippen LogP contribution in [0, 0.1) is 10.5 Å². The van der Waals surface area contributed by atoms with Gasteiger partial charge in [0.2, 0.25) is 5.91 Å². The van der Waals surface area contributed by atoms with E-state index in [2.05, 4.69) is 27.9 Å². The Labute approximate surface area is 148 Å². The Morgan fingerprint density at radius 2 is 1.96 bits per heavy atom. The van der Waals surface area contributed by atoms with Crippen LogP contribution >= 0.6 is 22.6 Å². The molecule has 0 saturated carbocycles. The van der Waals surface area contributed by atoms with Crippen molar-refractivity contribution in [2.75, 3.05) is 12.4 Å². The largest absolute Gasteiger partial charge is 0.497 e. The number of aromatic nitrogens is 1. The molecule has 1 amide bonds. The van der Waals surface area contributed by atoms with Gasteiger partial charge in [-0.2, -0.15) is 0 Å². The number of ether oxygens (including phenoxy) is 1. The second-order valence-corrected chi connectivity index (χ2v) is 6.32. The Morgan fingerprint density at radius 3 is 2.52 bits per heavy atom. The summed E-state index contributed by atoms with van der Waals surface area (Å²) in [7, 11) is 1.62. The lowest BCUT2D eigenvalue weighted by Crippen LogP contribution is -2.27. The Kier molecular flexibility index (Phi) is 5.81. The third-order valence-electron chi connectivity index (χ3n) is 3.57. The average molecular weight is 426 g/mol. The van der Waals surface area contributed by atoms with E-state index in [1.807, 2.05) is 37.4 Å². The fraction of sp³-hybridized carbons (Fsp3) is 0.294. The maximum absolute atomic E-state index is 12.6. The van der Waals surface area contributed by atoms with Gasteiger partial charge >= 0.3 is 0 Å². The van der Waals surface area contributed by atoms with Gasteiger partial charge in [0.15, 0.2) is 0 Å². The van der Waals surface area contributed by atoms with E-state index in [4.69, 9.17) is 4.74 Å². The lowest BCUT2D eigenvalue weighted by atomic mass is 10.2. The number of hydrogen-bond donors (Lipinski definition) is 1. The van der Waals surface area contributed by atoms with Crippen LogP contribution in [0.3, 0.4) is 0 Å². The minimum atomic E-state index is -0.194. The number of anilines is 1. The summed E-state index contributed by atoms with van der Waals surface area (Å²) in [5.41, 5.74) is 1.95. The van der Waals surface area contributed by atoms with Gasteiger partial charge < -0.3 is 14.6 Å². The number of carbonyl (C=O) groups excluding carboxylic acids is 1. The Balaban J connectivity index is 2.38. The molecule has 1 heterocycles. The van der Waals surface area contributed by atoms with Crippen LogP contribution in [0.25, 0.3) is 0 Å². The zero-order chi connectivity index (χ0) is 17.0. The van der Waals surface area contributed by atoms with Crippen LogP contribution in [-0.4, -0.2) is 17.6 Å². The first-order valence-electron chi connectivity index (χ1n) is 7.28. The molecule has 0 radical (unpaired) electrons. The molecular formula is C17H19IN2O3. The van der Waals surface area contributed by atoms with Gasteiger partial charge in [0.1, 0.15) is 11.4 Å². The van der Waals surface area contributed by atoms with Crippen molar-refractivity contribution in [3.05, 3.63) is 55.5 Å². The van der Waals surface area contributed by atoms with Gasteiger partial charge in [-0.3, -0.25) is 9.59 Å². The first-order valence-corrected chi connectivity index (χ1v) is 8.36. The summed E-state index contributed by atoms with van der Waals surface area (Å²) in [6.45, 7) is 4.04. The van der Waals surface area contributed by atoms with Gasteiger partial charge in [-0.1, -0.05) is 19.1 Å². The monoisotopic (exact) mass is 426 g/mol. The summed E-state index contributed by atoms with van der Waals surface area (Å²) in [6, 6.07) is 7.56. The number of amides is 1. The fourth-order valence-corrected chi connectivity index (χ4v) is 2.74. The van der Waals surface area contributed by atoms with E-state index < -0.39 is 0 Å². The maximum atomic E-state index is 12.6. The lowest BCUT2D eigenvalue weighted by molar-refractivity contribution is -0.115. The molecule has 0 spiro atoms. The number of benzene rings is 1. The van der Waals surface area contributed by atoms with Crippen LogP contribution < -0.4 is 15.6 Å². The molecule has 122 valence electrons. The highest BCUT2D eigenvalue weighted by molar-refractivity contribution is 14.1. The number of methoxy groups -OCH3 is 1. The Morgan fingerprint density at radius 1 is 1.30 bits per heavy atom. The third kappa shape index (κ3) is 4.13. The number of nitrogens with one attached hydrogen (secondary N) is 1. The van der Waals surface area contributed by atoms with Gasteiger partial charge in [0, 0.05) is 16.2 Å². The normalized spacial score (nSPS) is 10.4. The minimum absolute atomic E-state index is 0.164. The second-order valence-electron chi connectivity index (χ2n) is 5.16. The molecule has 0 fully saturated rings. The molecule has 0 atom stereocenters. The molecule has 0 aliphatic rings. The van der Waals surface area contributed by atoms with Crippen LogP contribution in [0.2, 0.25) is 0 Å². The van der Waals surface area contributed by atoms with Crippen molar-refractivity contribution < 1.29 is 9.53 Å². The average Bonchev–Trinajstić information content (AvgIpc) is 2.57. The van der Waals surface area contributed by atoms with E-state index in [-0.39, 0.29) is 11.5 Å². The molecule has 0 saturated heterocycles. The molecule has 2 aromatic rings. The van der Waals surface area contributed by atoms with Gasteiger partial charge in [-0.25, -0.2) is 0 Å². The number of hydrogen-bond acceptors (Lipinski definition) is 3. The van der Waals surface area contributed by atoms with Gasteiger partial charge in [-0.15, -0.1) is 0 Å². The van der Waals surface area contributed by atoms with Gasteiger partial charge in [-0.05, 0) is 52.8 Å². The predicted molar refractivity (Wildman–Crippen MR) is 99.2 cm³/mol. The topological polar surface area (TPSA) is 60.3 Å².